The van der Waals surface area contributed by atoms with Crippen LogP contribution in [0.3, 0.4) is 0 Å². The molecule has 5 nitrogen and oxygen atoms in total. The van der Waals surface area contributed by atoms with Crippen LogP contribution in [0, 0.1) is 5.92 Å². The molecule has 1 aliphatic carbocycles. The van der Waals surface area contributed by atoms with Gasteiger partial charge in [0.05, 0.1) is 5.56 Å². The summed E-state index contributed by atoms with van der Waals surface area (Å²) in [6.45, 7) is 2.50. The lowest BCUT2D eigenvalue weighted by atomic mass is 10.2. The van der Waals surface area contributed by atoms with E-state index in [2.05, 4.69) is 20.9 Å². The third-order valence-corrected chi connectivity index (χ3v) is 4.25. The number of hydrogen-bond donors (Lipinski definition) is 0. The fourth-order valence-corrected chi connectivity index (χ4v) is 2.64. The first-order valence-corrected chi connectivity index (χ1v) is 7.64. The van der Waals surface area contributed by atoms with E-state index >= 15 is 0 Å². The number of pyridine rings is 1. The minimum absolute atomic E-state index is 0.0106. The maximum absolute atomic E-state index is 12.3. The third kappa shape index (κ3) is 2.85. The summed E-state index contributed by atoms with van der Waals surface area (Å²) in [4.78, 5) is 32.0. The van der Waals surface area contributed by atoms with E-state index < -0.39 is 0 Å². The molecule has 0 N–H and O–H groups in total. The Morgan fingerprint density at radius 3 is 2.30 bits per heavy atom. The van der Waals surface area contributed by atoms with Crippen LogP contribution in [0.5, 0.6) is 0 Å². The van der Waals surface area contributed by atoms with Gasteiger partial charge >= 0.3 is 0 Å². The topological polar surface area (TPSA) is 53.5 Å². The quantitative estimate of drug-likeness (QED) is 0.769. The van der Waals surface area contributed by atoms with Crippen LogP contribution in [0.2, 0.25) is 0 Å². The zero-order chi connectivity index (χ0) is 14.1. The number of rotatable bonds is 2. The molecule has 106 valence electrons. The third-order valence-electron chi connectivity index (χ3n) is 3.78. The number of carbonyl (C=O) groups excluding carboxylic acids is 2. The first kappa shape index (κ1) is 13.5. The zero-order valence-electron chi connectivity index (χ0n) is 11.1. The van der Waals surface area contributed by atoms with Crippen molar-refractivity contribution >= 4 is 27.7 Å². The molecule has 0 bridgehead atoms. The molecule has 1 aromatic heterocycles. The molecule has 1 saturated heterocycles. The van der Waals surface area contributed by atoms with Crippen LogP contribution in [0.4, 0.5) is 0 Å². The Labute approximate surface area is 126 Å². The van der Waals surface area contributed by atoms with E-state index in [1.54, 1.807) is 23.2 Å². The first-order chi connectivity index (χ1) is 9.65. The van der Waals surface area contributed by atoms with Gasteiger partial charge in [0.25, 0.3) is 5.91 Å². The number of piperazine rings is 1. The predicted octanol–water partition coefficient (Wildman–Crippen LogP) is 1.54. The molecule has 1 aliphatic heterocycles. The second-order valence-electron chi connectivity index (χ2n) is 5.26. The first-order valence-electron chi connectivity index (χ1n) is 6.85. The normalized spacial score (nSPS) is 19.1. The number of carbonyl (C=O) groups is 2. The van der Waals surface area contributed by atoms with Crippen molar-refractivity contribution in [3.63, 3.8) is 0 Å². The Balaban J connectivity index is 1.58. The Hall–Kier alpha value is -1.43. The fraction of sp³-hybridized carbons (Fsp3) is 0.500. The molecule has 0 unspecified atom stereocenters. The van der Waals surface area contributed by atoms with E-state index in [0.717, 1.165) is 12.8 Å². The Bertz CT molecular complexity index is 520. The van der Waals surface area contributed by atoms with Crippen LogP contribution < -0.4 is 0 Å². The molecule has 6 heteroatoms. The molecule has 0 spiro atoms. The maximum Gasteiger partial charge on any atom is 0.255 e. The van der Waals surface area contributed by atoms with Crippen molar-refractivity contribution in [2.75, 3.05) is 26.2 Å². The van der Waals surface area contributed by atoms with Crippen LogP contribution in [-0.2, 0) is 4.79 Å². The highest BCUT2D eigenvalue weighted by Crippen LogP contribution is 2.31. The summed E-state index contributed by atoms with van der Waals surface area (Å²) in [5.41, 5.74) is 0.593. The van der Waals surface area contributed by atoms with Crippen LogP contribution >= 0.6 is 15.9 Å². The molecule has 2 heterocycles. The molecule has 1 aromatic rings. The monoisotopic (exact) mass is 337 g/mol. The van der Waals surface area contributed by atoms with Gasteiger partial charge in [-0.15, -0.1) is 0 Å². The van der Waals surface area contributed by atoms with Crippen LogP contribution in [-0.4, -0.2) is 52.8 Å². The van der Waals surface area contributed by atoms with Gasteiger partial charge in [0, 0.05) is 38.3 Å². The van der Waals surface area contributed by atoms with E-state index in [4.69, 9.17) is 0 Å². The van der Waals surface area contributed by atoms with E-state index in [1.807, 2.05) is 4.90 Å². The molecule has 3 rings (SSSR count). The van der Waals surface area contributed by atoms with Gasteiger partial charge in [-0.25, -0.2) is 4.98 Å². The van der Waals surface area contributed by atoms with Gasteiger partial charge in [0.15, 0.2) is 0 Å². The molecule has 20 heavy (non-hydrogen) atoms. The SMILES string of the molecule is O=C(c1ccc(Br)nc1)N1CCN(C(=O)C2CC2)CC1. The summed E-state index contributed by atoms with van der Waals surface area (Å²) < 4.78 is 0.717. The van der Waals surface area contributed by atoms with Crippen LogP contribution in [0.1, 0.15) is 23.2 Å². The highest BCUT2D eigenvalue weighted by Gasteiger charge is 2.35. The Morgan fingerprint density at radius 2 is 1.75 bits per heavy atom. The van der Waals surface area contributed by atoms with Crippen LogP contribution in [0.25, 0.3) is 0 Å². The van der Waals surface area contributed by atoms with Gasteiger partial charge in [-0.2, -0.15) is 0 Å². The largest absolute Gasteiger partial charge is 0.339 e. The minimum atomic E-state index is -0.0106. The average Bonchev–Trinajstić information content (AvgIpc) is 3.31. The van der Waals surface area contributed by atoms with E-state index in [0.29, 0.717) is 36.3 Å². The molecule has 2 fully saturated rings. The van der Waals surface area contributed by atoms with E-state index in [1.165, 1.54) is 0 Å². The number of hydrogen-bond acceptors (Lipinski definition) is 3. The van der Waals surface area contributed by atoms with Gasteiger partial charge < -0.3 is 9.80 Å². The van der Waals surface area contributed by atoms with Crippen molar-refractivity contribution in [2.45, 2.75) is 12.8 Å². The lowest BCUT2D eigenvalue weighted by Gasteiger charge is -2.34. The van der Waals surface area contributed by atoms with Crippen LogP contribution in [0.15, 0.2) is 22.9 Å². The average molecular weight is 338 g/mol. The molecule has 1 saturated carbocycles. The van der Waals surface area contributed by atoms with Gasteiger partial charge in [0.2, 0.25) is 5.91 Å². The van der Waals surface area contributed by atoms with Gasteiger partial charge in [-0.05, 0) is 40.9 Å². The zero-order valence-corrected chi connectivity index (χ0v) is 12.7. The standard InChI is InChI=1S/C14H16BrN3O2/c15-12-4-3-11(9-16-12)14(20)18-7-5-17(6-8-18)13(19)10-1-2-10/h3-4,9-10H,1-2,5-8H2. The van der Waals surface area contributed by atoms with Gasteiger partial charge in [-0.1, -0.05) is 0 Å². The van der Waals surface area contributed by atoms with Crippen molar-refractivity contribution in [3.8, 4) is 0 Å². The van der Waals surface area contributed by atoms with Crippen molar-refractivity contribution in [1.29, 1.82) is 0 Å². The molecule has 0 atom stereocenters. The Kier molecular flexibility index (Phi) is 3.74. The molecular weight excluding hydrogens is 322 g/mol. The fourth-order valence-electron chi connectivity index (χ4n) is 2.40. The lowest BCUT2D eigenvalue weighted by molar-refractivity contribution is -0.134. The second-order valence-corrected chi connectivity index (χ2v) is 6.07. The van der Waals surface area contributed by atoms with Gasteiger partial charge in [-0.3, -0.25) is 9.59 Å². The summed E-state index contributed by atoms with van der Waals surface area (Å²) in [6.07, 6.45) is 3.64. The molecule has 0 radical (unpaired) electrons. The Morgan fingerprint density at radius 1 is 1.10 bits per heavy atom. The number of nitrogens with zero attached hydrogens (tertiary/aromatic N) is 3. The minimum Gasteiger partial charge on any atom is -0.339 e. The molecule has 0 aromatic carbocycles. The number of amides is 2. The maximum atomic E-state index is 12.3. The highest BCUT2D eigenvalue weighted by molar-refractivity contribution is 9.10. The number of halogens is 1. The van der Waals surface area contributed by atoms with Gasteiger partial charge in [0.1, 0.15) is 4.60 Å². The lowest BCUT2D eigenvalue weighted by Crippen LogP contribution is -2.51. The molecular formula is C14H16BrN3O2. The number of aromatic nitrogens is 1. The van der Waals surface area contributed by atoms with Crippen molar-refractivity contribution < 1.29 is 9.59 Å². The second kappa shape index (κ2) is 5.52. The smallest absolute Gasteiger partial charge is 0.255 e. The van der Waals surface area contributed by atoms with E-state index in [9.17, 15) is 9.59 Å². The van der Waals surface area contributed by atoms with Crippen molar-refractivity contribution in [3.05, 3.63) is 28.5 Å². The highest BCUT2D eigenvalue weighted by atomic mass is 79.9. The molecule has 2 aliphatic rings. The van der Waals surface area contributed by atoms with Crippen molar-refractivity contribution in [1.82, 2.24) is 14.8 Å². The summed E-state index contributed by atoms with van der Waals surface area (Å²) in [7, 11) is 0. The van der Waals surface area contributed by atoms with Crippen molar-refractivity contribution in [2.24, 2.45) is 5.92 Å². The van der Waals surface area contributed by atoms with E-state index in [-0.39, 0.29) is 17.7 Å². The molecule has 2 amide bonds. The summed E-state index contributed by atoms with van der Waals surface area (Å²) in [6, 6.07) is 3.53. The summed E-state index contributed by atoms with van der Waals surface area (Å²) in [5.74, 6) is 0.513. The summed E-state index contributed by atoms with van der Waals surface area (Å²) >= 11 is 3.25. The summed E-state index contributed by atoms with van der Waals surface area (Å²) in [5, 5.41) is 0. The predicted molar refractivity (Wildman–Crippen MR) is 77.1 cm³/mol.